The Morgan fingerprint density at radius 1 is 1.25 bits per heavy atom. The summed E-state index contributed by atoms with van der Waals surface area (Å²) in [5, 5.41) is 0. The van der Waals surface area contributed by atoms with E-state index in [1.54, 1.807) is 38.1 Å². The van der Waals surface area contributed by atoms with E-state index in [1.807, 2.05) is 0 Å². The third-order valence-corrected chi connectivity index (χ3v) is 2.06. The summed E-state index contributed by atoms with van der Waals surface area (Å²) in [5.41, 5.74) is 0.964. The molecule has 0 amide bonds. The maximum absolute atomic E-state index is 11.3. The number of carbonyl (C=O) groups excluding carboxylic acids is 2. The molecule has 3 nitrogen and oxygen atoms in total. The number of hydrogen-bond donors (Lipinski definition) is 0. The van der Waals surface area contributed by atoms with Crippen LogP contribution >= 0.6 is 0 Å². The molecule has 0 aliphatic carbocycles. The van der Waals surface area contributed by atoms with Crippen molar-refractivity contribution in [2.24, 2.45) is 0 Å². The van der Waals surface area contributed by atoms with E-state index >= 15 is 0 Å². The van der Waals surface area contributed by atoms with Crippen molar-refractivity contribution >= 4 is 11.8 Å². The van der Waals surface area contributed by atoms with Crippen molar-refractivity contribution in [2.45, 2.75) is 20.3 Å². The third-order valence-electron chi connectivity index (χ3n) is 2.06. The summed E-state index contributed by atoms with van der Waals surface area (Å²) in [6, 6.07) is 6.49. The summed E-state index contributed by atoms with van der Waals surface area (Å²) in [4.78, 5) is 22.5. The molecule has 0 aliphatic heterocycles. The Morgan fingerprint density at radius 2 is 1.81 bits per heavy atom. The molecule has 0 spiro atoms. The lowest BCUT2D eigenvalue weighted by atomic mass is 10.1. The minimum Gasteiger partial charge on any atom is -0.423 e. The first-order valence-corrected chi connectivity index (χ1v) is 5.05. The molecule has 1 rings (SSSR count). The smallest absolute Gasteiger partial charge is 0.338 e. The third kappa shape index (κ3) is 3.05. The number of ketones is 1. The molecule has 0 saturated carbocycles. The summed E-state index contributed by atoms with van der Waals surface area (Å²) >= 11 is 0. The highest BCUT2D eigenvalue weighted by atomic mass is 16.5. The van der Waals surface area contributed by atoms with Gasteiger partial charge in [-0.25, -0.2) is 4.79 Å². The number of ether oxygens (including phenoxy) is 1. The molecule has 1 aromatic carbocycles. The van der Waals surface area contributed by atoms with Crippen molar-refractivity contribution in [1.82, 2.24) is 0 Å². The highest BCUT2D eigenvalue weighted by Gasteiger charge is 2.06. The second-order valence-corrected chi connectivity index (χ2v) is 3.47. The molecule has 0 atom stereocenters. The monoisotopic (exact) mass is 218 g/mol. The zero-order valence-electron chi connectivity index (χ0n) is 9.45. The standard InChI is InChI=1S/C13H14O3/c1-4-12(14)10-5-7-11(8-6-10)16-13(15)9(2)3/h5-8H,2,4H2,1,3H3. The molecule has 0 fully saturated rings. The highest BCUT2D eigenvalue weighted by Crippen LogP contribution is 2.14. The quantitative estimate of drug-likeness (QED) is 0.338. The van der Waals surface area contributed by atoms with Crippen molar-refractivity contribution in [2.75, 3.05) is 0 Å². The Kier molecular flexibility index (Phi) is 4.00. The lowest BCUT2D eigenvalue weighted by Crippen LogP contribution is -2.08. The van der Waals surface area contributed by atoms with E-state index in [0.717, 1.165) is 0 Å². The van der Waals surface area contributed by atoms with Crippen LogP contribution < -0.4 is 4.74 Å². The van der Waals surface area contributed by atoms with Gasteiger partial charge in [0.15, 0.2) is 5.78 Å². The van der Waals surface area contributed by atoms with Gasteiger partial charge < -0.3 is 4.74 Å². The molecule has 16 heavy (non-hydrogen) atoms. The van der Waals surface area contributed by atoms with Gasteiger partial charge in [0.25, 0.3) is 0 Å². The van der Waals surface area contributed by atoms with Gasteiger partial charge in [0.2, 0.25) is 0 Å². The molecule has 0 aromatic heterocycles. The second kappa shape index (κ2) is 5.26. The van der Waals surface area contributed by atoms with Crippen LogP contribution in [-0.2, 0) is 4.79 Å². The largest absolute Gasteiger partial charge is 0.423 e. The Bertz CT molecular complexity index is 415. The Morgan fingerprint density at radius 3 is 2.25 bits per heavy atom. The first-order valence-electron chi connectivity index (χ1n) is 5.05. The van der Waals surface area contributed by atoms with E-state index < -0.39 is 5.97 Å². The van der Waals surface area contributed by atoms with Crippen LogP contribution in [0.1, 0.15) is 30.6 Å². The lowest BCUT2D eigenvalue weighted by molar-refractivity contribution is -0.130. The number of Topliss-reactive ketones (excluding diaryl/α,β-unsaturated/α-hetero) is 1. The molecule has 0 aliphatic rings. The van der Waals surface area contributed by atoms with E-state index in [0.29, 0.717) is 23.3 Å². The minimum absolute atomic E-state index is 0.0674. The van der Waals surface area contributed by atoms with Gasteiger partial charge in [-0.2, -0.15) is 0 Å². The maximum atomic E-state index is 11.3. The van der Waals surface area contributed by atoms with Crippen LogP contribution in [0.4, 0.5) is 0 Å². The Hall–Kier alpha value is -1.90. The van der Waals surface area contributed by atoms with Crippen LogP contribution in [0.25, 0.3) is 0 Å². The van der Waals surface area contributed by atoms with Gasteiger partial charge in [-0.05, 0) is 31.2 Å². The van der Waals surface area contributed by atoms with Crippen molar-refractivity contribution in [3.63, 3.8) is 0 Å². The topological polar surface area (TPSA) is 43.4 Å². The molecular formula is C13H14O3. The predicted octanol–water partition coefficient (Wildman–Crippen LogP) is 2.76. The molecule has 0 N–H and O–H groups in total. The molecule has 0 unspecified atom stereocenters. The van der Waals surface area contributed by atoms with E-state index in [-0.39, 0.29) is 5.78 Å². The van der Waals surface area contributed by atoms with Crippen molar-refractivity contribution in [3.8, 4) is 5.75 Å². The average molecular weight is 218 g/mol. The maximum Gasteiger partial charge on any atom is 0.338 e. The average Bonchev–Trinajstić information content (AvgIpc) is 2.28. The number of hydrogen-bond acceptors (Lipinski definition) is 3. The highest BCUT2D eigenvalue weighted by molar-refractivity contribution is 5.96. The van der Waals surface area contributed by atoms with Gasteiger partial charge >= 0.3 is 5.97 Å². The van der Waals surface area contributed by atoms with Gasteiger partial charge in [-0.15, -0.1) is 0 Å². The second-order valence-electron chi connectivity index (χ2n) is 3.47. The van der Waals surface area contributed by atoms with Gasteiger partial charge in [0, 0.05) is 17.6 Å². The molecule has 84 valence electrons. The summed E-state index contributed by atoms with van der Waals surface area (Å²) in [6.07, 6.45) is 0.463. The molecule has 0 saturated heterocycles. The number of benzene rings is 1. The molecule has 1 aromatic rings. The first-order chi connectivity index (χ1) is 7.54. The molecule has 3 heteroatoms. The Balaban J connectivity index is 2.76. The van der Waals surface area contributed by atoms with Gasteiger partial charge in [0.05, 0.1) is 0 Å². The lowest BCUT2D eigenvalue weighted by Gasteiger charge is -2.04. The summed E-state index contributed by atoms with van der Waals surface area (Å²) in [5.74, 6) is 0.0213. The SMILES string of the molecule is C=C(C)C(=O)Oc1ccc(C(=O)CC)cc1. The van der Waals surface area contributed by atoms with E-state index in [1.165, 1.54) is 0 Å². The van der Waals surface area contributed by atoms with Crippen LogP contribution in [0, 0.1) is 0 Å². The summed E-state index contributed by atoms with van der Waals surface area (Å²) in [6.45, 7) is 6.87. The first kappa shape index (κ1) is 12.2. The van der Waals surface area contributed by atoms with E-state index in [9.17, 15) is 9.59 Å². The normalized spacial score (nSPS) is 9.62. The van der Waals surface area contributed by atoms with Crippen molar-refractivity contribution in [1.29, 1.82) is 0 Å². The molecule has 0 radical (unpaired) electrons. The zero-order chi connectivity index (χ0) is 12.1. The van der Waals surface area contributed by atoms with Crippen LogP contribution in [0.2, 0.25) is 0 Å². The fourth-order valence-electron chi connectivity index (χ4n) is 1.11. The predicted molar refractivity (Wildman–Crippen MR) is 61.5 cm³/mol. The van der Waals surface area contributed by atoms with Crippen LogP contribution in [0.3, 0.4) is 0 Å². The van der Waals surface area contributed by atoms with Crippen molar-refractivity contribution in [3.05, 3.63) is 42.0 Å². The number of esters is 1. The number of rotatable bonds is 4. The van der Waals surface area contributed by atoms with Crippen molar-refractivity contribution < 1.29 is 14.3 Å². The summed E-state index contributed by atoms with van der Waals surface area (Å²) < 4.78 is 4.99. The molecule has 0 bridgehead atoms. The van der Waals surface area contributed by atoms with Crippen LogP contribution in [0.5, 0.6) is 5.75 Å². The minimum atomic E-state index is -0.463. The summed E-state index contributed by atoms with van der Waals surface area (Å²) in [7, 11) is 0. The van der Waals surface area contributed by atoms with Crippen LogP contribution in [-0.4, -0.2) is 11.8 Å². The Labute approximate surface area is 94.7 Å². The zero-order valence-corrected chi connectivity index (χ0v) is 9.45. The van der Waals surface area contributed by atoms with E-state index in [2.05, 4.69) is 6.58 Å². The van der Waals surface area contributed by atoms with Gasteiger partial charge in [-0.1, -0.05) is 13.5 Å². The molecule has 0 heterocycles. The molecular weight excluding hydrogens is 204 g/mol. The fourth-order valence-corrected chi connectivity index (χ4v) is 1.11. The van der Waals surface area contributed by atoms with Gasteiger partial charge in [0.1, 0.15) is 5.75 Å². The number of carbonyl (C=O) groups is 2. The van der Waals surface area contributed by atoms with Crippen LogP contribution in [0.15, 0.2) is 36.4 Å². The van der Waals surface area contributed by atoms with E-state index in [4.69, 9.17) is 4.74 Å². The fraction of sp³-hybridized carbons (Fsp3) is 0.231. The van der Waals surface area contributed by atoms with Gasteiger partial charge in [-0.3, -0.25) is 4.79 Å².